The molecule has 3 heterocycles. The van der Waals surface area contributed by atoms with Gasteiger partial charge in [0.1, 0.15) is 0 Å². The largest absolute Gasteiger partial charge is 0.338 e. The Labute approximate surface area is 141 Å². The van der Waals surface area contributed by atoms with Crippen LogP contribution in [0.25, 0.3) is 0 Å². The molecule has 2 fully saturated rings. The van der Waals surface area contributed by atoms with E-state index in [4.69, 9.17) is 0 Å². The van der Waals surface area contributed by atoms with Crippen molar-refractivity contribution < 1.29 is 4.79 Å². The minimum Gasteiger partial charge on any atom is -0.338 e. The first kappa shape index (κ1) is 14.9. The van der Waals surface area contributed by atoms with Crippen molar-refractivity contribution >= 4 is 17.2 Å². The Morgan fingerprint density at radius 1 is 1.39 bits per heavy atom. The summed E-state index contributed by atoms with van der Waals surface area (Å²) in [5.41, 5.74) is 1.18. The van der Waals surface area contributed by atoms with Gasteiger partial charge in [-0.25, -0.2) is 0 Å². The molecule has 3 unspecified atom stereocenters. The maximum Gasteiger partial charge on any atom is 0.226 e. The molecule has 23 heavy (non-hydrogen) atoms. The number of aryl methyl sites for hydroxylation is 2. The molecule has 1 aliphatic carbocycles. The highest BCUT2D eigenvalue weighted by Crippen LogP contribution is 2.51. The molecule has 1 amide bonds. The van der Waals surface area contributed by atoms with Crippen molar-refractivity contribution in [2.75, 3.05) is 6.54 Å². The second kappa shape index (κ2) is 5.78. The molecule has 2 aromatic heterocycles. The summed E-state index contributed by atoms with van der Waals surface area (Å²) >= 11 is 1.84. The predicted molar refractivity (Wildman–Crippen MR) is 91.6 cm³/mol. The van der Waals surface area contributed by atoms with Crippen molar-refractivity contribution in [3.8, 4) is 0 Å². The Morgan fingerprint density at radius 3 is 2.96 bits per heavy atom. The van der Waals surface area contributed by atoms with Crippen LogP contribution in [-0.4, -0.2) is 33.2 Å². The standard InChI is InChI=1S/C18H23N3OS/c1-12-9-19-20(10-12)11-14-4-3-7-21(14)18(22)16-8-15(16)17-6-5-13(2)23-17/h5-6,9-10,14-16H,3-4,7-8,11H2,1-2H3. The molecule has 0 spiro atoms. The number of amides is 1. The van der Waals surface area contributed by atoms with Gasteiger partial charge in [-0.2, -0.15) is 5.10 Å². The summed E-state index contributed by atoms with van der Waals surface area (Å²) in [6.45, 7) is 5.93. The fourth-order valence-electron chi connectivity index (χ4n) is 3.75. The number of aromatic nitrogens is 2. The highest BCUT2D eigenvalue weighted by atomic mass is 32.1. The van der Waals surface area contributed by atoms with Crippen molar-refractivity contribution in [2.45, 2.75) is 51.6 Å². The van der Waals surface area contributed by atoms with Gasteiger partial charge in [0.15, 0.2) is 0 Å². The third-order valence-corrected chi connectivity index (χ3v) is 6.19. The van der Waals surface area contributed by atoms with Gasteiger partial charge >= 0.3 is 0 Å². The number of carbonyl (C=O) groups is 1. The molecule has 1 saturated carbocycles. The van der Waals surface area contributed by atoms with Crippen molar-refractivity contribution in [3.05, 3.63) is 39.8 Å². The molecular weight excluding hydrogens is 306 g/mol. The summed E-state index contributed by atoms with van der Waals surface area (Å²) < 4.78 is 1.98. The topological polar surface area (TPSA) is 38.1 Å². The van der Waals surface area contributed by atoms with Crippen LogP contribution in [0.3, 0.4) is 0 Å². The monoisotopic (exact) mass is 329 g/mol. The second-order valence-electron chi connectivity index (χ2n) is 6.96. The smallest absolute Gasteiger partial charge is 0.226 e. The van der Waals surface area contributed by atoms with Gasteiger partial charge < -0.3 is 4.90 Å². The van der Waals surface area contributed by atoms with Crippen molar-refractivity contribution in [3.63, 3.8) is 0 Å². The number of carbonyl (C=O) groups excluding carboxylic acids is 1. The van der Waals surface area contributed by atoms with E-state index in [2.05, 4.69) is 42.2 Å². The molecule has 0 radical (unpaired) electrons. The minimum atomic E-state index is 0.216. The molecule has 0 N–H and O–H groups in total. The number of nitrogens with zero attached hydrogens (tertiary/aromatic N) is 3. The third kappa shape index (κ3) is 2.94. The quantitative estimate of drug-likeness (QED) is 0.863. The molecule has 5 heteroatoms. The summed E-state index contributed by atoms with van der Waals surface area (Å²) in [5, 5.41) is 4.38. The van der Waals surface area contributed by atoms with E-state index in [1.807, 2.05) is 22.2 Å². The van der Waals surface area contributed by atoms with Crippen LogP contribution in [0.4, 0.5) is 0 Å². The van der Waals surface area contributed by atoms with Crippen LogP contribution in [0.15, 0.2) is 24.5 Å². The van der Waals surface area contributed by atoms with Gasteiger partial charge in [0.2, 0.25) is 5.91 Å². The molecule has 0 bridgehead atoms. The van der Waals surface area contributed by atoms with Crippen LogP contribution in [0, 0.1) is 19.8 Å². The molecule has 2 aliphatic rings. The van der Waals surface area contributed by atoms with E-state index in [1.54, 1.807) is 0 Å². The van der Waals surface area contributed by atoms with Gasteiger partial charge in [-0.05, 0) is 50.8 Å². The number of likely N-dealkylation sites (tertiary alicyclic amines) is 1. The van der Waals surface area contributed by atoms with Crippen molar-refractivity contribution in [2.24, 2.45) is 5.92 Å². The molecular formula is C18H23N3OS. The van der Waals surface area contributed by atoms with Crippen LogP contribution < -0.4 is 0 Å². The zero-order chi connectivity index (χ0) is 16.0. The summed E-state index contributed by atoms with van der Waals surface area (Å²) in [4.78, 5) is 17.8. The number of hydrogen-bond acceptors (Lipinski definition) is 3. The lowest BCUT2D eigenvalue weighted by molar-refractivity contribution is -0.133. The SMILES string of the molecule is Cc1cnn(CC2CCCN2C(=O)C2CC2c2ccc(C)s2)c1. The Kier molecular flexibility index (Phi) is 3.76. The first-order valence-corrected chi connectivity index (χ1v) is 9.29. The van der Waals surface area contributed by atoms with Gasteiger partial charge in [-0.1, -0.05) is 0 Å². The van der Waals surface area contributed by atoms with Crippen LogP contribution in [0.1, 0.15) is 40.5 Å². The molecule has 2 aromatic rings. The Bertz CT molecular complexity index is 719. The predicted octanol–water partition coefficient (Wildman–Crippen LogP) is 3.36. The fourth-order valence-corrected chi connectivity index (χ4v) is 4.80. The zero-order valence-electron chi connectivity index (χ0n) is 13.7. The lowest BCUT2D eigenvalue weighted by Crippen LogP contribution is -2.39. The minimum absolute atomic E-state index is 0.216. The zero-order valence-corrected chi connectivity index (χ0v) is 14.6. The van der Waals surface area contributed by atoms with E-state index in [1.165, 1.54) is 15.3 Å². The van der Waals surface area contributed by atoms with Gasteiger partial charge in [0.25, 0.3) is 0 Å². The van der Waals surface area contributed by atoms with E-state index < -0.39 is 0 Å². The Hall–Kier alpha value is -1.62. The first-order chi connectivity index (χ1) is 11.1. The van der Waals surface area contributed by atoms with Crippen molar-refractivity contribution in [1.82, 2.24) is 14.7 Å². The summed E-state index contributed by atoms with van der Waals surface area (Å²) in [6.07, 6.45) is 7.20. The van der Waals surface area contributed by atoms with E-state index in [0.717, 1.165) is 32.4 Å². The summed E-state index contributed by atoms with van der Waals surface area (Å²) in [6, 6.07) is 4.68. The molecule has 4 nitrogen and oxygen atoms in total. The van der Waals surface area contributed by atoms with E-state index >= 15 is 0 Å². The second-order valence-corrected chi connectivity index (χ2v) is 8.28. The molecule has 4 rings (SSSR count). The van der Waals surface area contributed by atoms with Crippen LogP contribution in [0.2, 0.25) is 0 Å². The molecule has 122 valence electrons. The number of rotatable bonds is 4. The van der Waals surface area contributed by atoms with Gasteiger partial charge in [0, 0.05) is 34.3 Å². The first-order valence-electron chi connectivity index (χ1n) is 8.47. The normalized spacial score (nSPS) is 26.7. The van der Waals surface area contributed by atoms with E-state index in [9.17, 15) is 4.79 Å². The van der Waals surface area contributed by atoms with E-state index in [0.29, 0.717) is 17.9 Å². The van der Waals surface area contributed by atoms with Crippen LogP contribution >= 0.6 is 11.3 Å². The lowest BCUT2D eigenvalue weighted by atomic mass is 10.2. The van der Waals surface area contributed by atoms with Gasteiger partial charge in [-0.3, -0.25) is 9.48 Å². The molecule has 1 aliphatic heterocycles. The van der Waals surface area contributed by atoms with Crippen LogP contribution in [0.5, 0.6) is 0 Å². The molecule has 0 aromatic carbocycles. The maximum atomic E-state index is 12.9. The summed E-state index contributed by atoms with van der Waals surface area (Å²) in [7, 11) is 0. The Balaban J connectivity index is 1.41. The van der Waals surface area contributed by atoms with Gasteiger partial charge in [-0.15, -0.1) is 11.3 Å². The average Bonchev–Trinajstić information content (AvgIpc) is 2.86. The van der Waals surface area contributed by atoms with Crippen molar-refractivity contribution in [1.29, 1.82) is 0 Å². The number of thiophene rings is 1. The maximum absolute atomic E-state index is 12.9. The average molecular weight is 329 g/mol. The highest BCUT2D eigenvalue weighted by molar-refractivity contribution is 7.12. The van der Waals surface area contributed by atoms with Crippen LogP contribution in [-0.2, 0) is 11.3 Å². The lowest BCUT2D eigenvalue weighted by Gasteiger charge is -2.25. The number of hydrogen-bond donors (Lipinski definition) is 0. The summed E-state index contributed by atoms with van der Waals surface area (Å²) in [5.74, 6) is 1.05. The van der Waals surface area contributed by atoms with Gasteiger partial charge in [0.05, 0.1) is 18.8 Å². The van der Waals surface area contributed by atoms with E-state index in [-0.39, 0.29) is 5.92 Å². The fraction of sp³-hybridized carbons (Fsp3) is 0.556. The molecule has 3 atom stereocenters. The highest BCUT2D eigenvalue weighted by Gasteiger charge is 2.48. The molecule has 1 saturated heterocycles. The third-order valence-electron chi connectivity index (χ3n) is 5.05. The Morgan fingerprint density at radius 2 is 2.26 bits per heavy atom.